The molecule has 0 bridgehead atoms. The van der Waals surface area contributed by atoms with Gasteiger partial charge in [0.1, 0.15) is 6.04 Å². The second kappa shape index (κ2) is 6.19. The summed E-state index contributed by atoms with van der Waals surface area (Å²) in [4.78, 5) is 10.9. The van der Waals surface area contributed by atoms with Crippen molar-refractivity contribution < 1.29 is 9.53 Å². The van der Waals surface area contributed by atoms with E-state index in [1.165, 1.54) is 12.5 Å². The normalized spacial score (nSPS) is 12.1. The molecule has 1 aromatic rings. The molecule has 0 saturated carbocycles. The van der Waals surface area contributed by atoms with Crippen molar-refractivity contribution in [3.05, 3.63) is 35.9 Å². The van der Waals surface area contributed by atoms with Crippen molar-refractivity contribution in [2.45, 2.75) is 25.8 Å². The molecule has 0 heterocycles. The Hall–Kier alpha value is -1.35. The summed E-state index contributed by atoms with van der Waals surface area (Å²) in [6, 6.07) is 9.29. The third-order valence-electron chi connectivity index (χ3n) is 2.05. The molecule has 0 aliphatic heterocycles. The maximum absolute atomic E-state index is 10.9. The monoisotopic (exact) mass is 206 g/mol. The van der Waals surface area contributed by atoms with Crippen molar-refractivity contribution >= 4 is 5.97 Å². The van der Waals surface area contributed by atoms with Crippen LogP contribution in [0.1, 0.15) is 18.9 Å². The number of hydrogen-bond donors (Lipinski definition) is 0. The molecule has 15 heavy (non-hydrogen) atoms. The first kappa shape index (κ1) is 11.7. The zero-order chi connectivity index (χ0) is 11.1. The molecule has 0 fully saturated rings. The smallest absolute Gasteiger partial charge is 0.324 e. The van der Waals surface area contributed by atoms with Gasteiger partial charge in [0.2, 0.25) is 0 Å². The van der Waals surface area contributed by atoms with E-state index in [2.05, 4.69) is 12.1 Å². The second-order valence-electron chi connectivity index (χ2n) is 3.48. The van der Waals surface area contributed by atoms with E-state index in [-0.39, 0.29) is 0 Å². The molecule has 1 rings (SSSR count). The van der Waals surface area contributed by atoms with Gasteiger partial charge in [0.05, 0.1) is 6.61 Å². The van der Waals surface area contributed by atoms with Crippen LogP contribution in [-0.4, -0.2) is 18.6 Å². The number of carbonyl (C=O) groups excluding carboxylic acids is 1. The van der Waals surface area contributed by atoms with Crippen molar-refractivity contribution in [3.8, 4) is 0 Å². The molecule has 0 amide bonds. The van der Waals surface area contributed by atoms with Crippen molar-refractivity contribution in [1.82, 2.24) is 5.73 Å². The summed E-state index contributed by atoms with van der Waals surface area (Å²) in [5, 5.41) is 0. The van der Waals surface area contributed by atoms with Gasteiger partial charge < -0.3 is 4.74 Å². The van der Waals surface area contributed by atoms with Crippen LogP contribution in [0, 0.1) is 0 Å². The van der Waals surface area contributed by atoms with E-state index in [0.717, 1.165) is 12.8 Å². The minimum atomic E-state index is -0.776. The van der Waals surface area contributed by atoms with Crippen LogP contribution < -0.4 is 5.73 Å². The van der Waals surface area contributed by atoms with Gasteiger partial charge in [-0.05, 0) is 25.3 Å². The molecule has 0 aliphatic rings. The number of aryl methyl sites for hydroxylation is 1. The van der Waals surface area contributed by atoms with Crippen LogP contribution in [0.3, 0.4) is 0 Å². The molecule has 1 radical (unpaired) electrons. The fraction of sp³-hybridized carbons (Fsp3) is 0.417. The Balaban J connectivity index is 2.15. The highest BCUT2D eigenvalue weighted by Gasteiger charge is 2.08. The third-order valence-corrected chi connectivity index (χ3v) is 2.05. The van der Waals surface area contributed by atoms with Gasteiger partial charge in [0.25, 0.3) is 0 Å². The molecule has 1 aromatic carbocycles. The Labute approximate surface area is 90.2 Å². The summed E-state index contributed by atoms with van der Waals surface area (Å²) in [5.74, 6) is -0.442. The molecule has 1 N–H and O–H groups in total. The highest BCUT2D eigenvalue weighted by Crippen LogP contribution is 2.02. The number of carbonyl (C=O) groups is 1. The Morgan fingerprint density at radius 1 is 1.40 bits per heavy atom. The average Bonchev–Trinajstić information content (AvgIpc) is 2.25. The van der Waals surface area contributed by atoms with E-state index in [0.29, 0.717) is 6.61 Å². The number of hydrogen-bond acceptors (Lipinski definition) is 2. The lowest BCUT2D eigenvalue weighted by Gasteiger charge is -2.06. The molecule has 81 valence electrons. The average molecular weight is 206 g/mol. The maximum atomic E-state index is 10.9. The fourth-order valence-corrected chi connectivity index (χ4v) is 1.22. The Bertz CT molecular complexity index is 296. The lowest BCUT2D eigenvalue weighted by Crippen LogP contribution is -2.21. The molecule has 1 unspecified atom stereocenters. The molecule has 0 saturated heterocycles. The van der Waals surface area contributed by atoms with E-state index in [4.69, 9.17) is 10.5 Å². The van der Waals surface area contributed by atoms with Crippen LogP contribution >= 0.6 is 0 Å². The largest absolute Gasteiger partial charge is 0.464 e. The number of rotatable bonds is 5. The van der Waals surface area contributed by atoms with Crippen molar-refractivity contribution in [2.75, 3.05) is 6.61 Å². The molecule has 0 aliphatic carbocycles. The van der Waals surface area contributed by atoms with Crippen LogP contribution in [0.2, 0.25) is 0 Å². The fourth-order valence-electron chi connectivity index (χ4n) is 1.22. The summed E-state index contributed by atoms with van der Waals surface area (Å²) in [6.07, 6.45) is 1.71. The topological polar surface area (TPSA) is 50.1 Å². The second-order valence-corrected chi connectivity index (χ2v) is 3.48. The molecular weight excluding hydrogens is 190 g/mol. The number of benzene rings is 1. The first-order chi connectivity index (χ1) is 7.20. The van der Waals surface area contributed by atoms with Crippen LogP contribution in [0.15, 0.2) is 30.3 Å². The predicted octanol–water partition coefficient (Wildman–Crippen LogP) is 1.83. The van der Waals surface area contributed by atoms with Gasteiger partial charge in [0.15, 0.2) is 0 Å². The van der Waals surface area contributed by atoms with Crippen LogP contribution in [0.4, 0.5) is 0 Å². The van der Waals surface area contributed by atoms with Gasteiger partial charge in [-0.2, -0.15) is 0 Å². The van der Waals surface area contributed by atoms with Crippen LogP contribution in [0.25, 0.3) is 0 Å². The number of nitrogens with one attached hydrogen (secondary N) is 1. The van der Waals surface area contributed by atoms with E-state index in [9.17, 15) is 4.79 Å². The summed E-state index contributed by atoms with van der Waals surface area (Å²) in [6.45, 7) is 1.91. The summed E-state index contributed by atoms with van der Waals surface area (Å²) >= 11 is 0. The molecule has 0 spiro atoms. The molecule has 0 aromatic heterocycles. The minimum absolute atomic E-state index is 0.400. The van der Waals surface area contributed by atoms with Gasteiger partial charge >= 0.3 is 5.97 Å². The molecule has 1 atom stereocenters. The van der Waals surface area contributed by atoms with Crippen LogP contribution in [-0.2, 0) is 16.0 Å². The Morgan fingerprint density at radius 2 is 2.07 bits per heavy atom. The number of ether oxygens (including phenoxy) is 1. The zero-order valence-electron chi connectivity index (χ0n) is 8.90. The SMILES string of the molecule is CC([NH])C(=O)OCCCc1ccccc1. The van der Waals surface area contributed by atoms with Gasteiger partial charge in [-0.3, -0.25) is 4.79 Å². The van der Waals surface area contributed by atoms with E-state index < -0.39 is 12.0 Å². The summed E-state index contributed by atoms with van der Waals surface area (Å²) < 4.78 is 4.90. The summed E-state index contributed by atoms with van der Waals surface area (Å²) in [5.41, 5.74) is 8.35. The van der Waals surface area contributed by atoms with Gasteiger partial charge in [-0.25, -0.2) is 5.73 Å². The predicted molar refractivity (Wildman–Crippen MR) is 58.3 cm³/mol. The quantitative estimate of drug-likeness (QED) is 0.545. The standard InChI is InChI=1S/C12H16NO2/c1-10(13)12(14)15-9-5-8-11-6-3-2-4-7-11/h2-4,6-7,10,13H,5,8-9H2,1H3. The van der Waals surface area contributed by atoms with Crippen molar-refractivity contribution in [2.24, 2.45) is 0 Å². The van der Waals surface area contributed by atoms with E-state index >= 15 is 0 Å². The highest BCUT2D eigenvalue weighted by atomic mass is 16.5. The number of esters is 1. The van der Waals surface area contributed by atoms with E-state index in [1.54, 1.807) is 0 Å². The lowest BCUT2D eigenvalue weighted by atomic mass is 10.1. The van der Waals surface area contributed by atoms with Crippen molar-refractivity contribution in [3.63, 3.8) is 0 Å². The summed E-state index contributed by atoms with van der Waals surface area (Å²) in [7, 11) is 0. The highest BCUT2D eigenvalue weighted by molar-refractivity contribution is 5.74. The Morgan fingerprint density at radius 3 is 2.67 bits per heavy atom. The maximum Gasteiger partial charge on any atom is 0.324 e. The van der Waals surface area contributed by atoms with E-state index in [1.807, 2.05) is 18.2 Å². The van der Waals surface area contributed by atoms with Crippen molar-refractivity contribution in [1.29, 1.82) is 0 Å². The molecular formula is C12H16NO2. The van der Waals surface area contributed by atoms with Gasteiger partial charge in [0, 0.05) is 0 Å². The third kappa shape index (κ3) is 4.61. The lowest BCUT2D eigenvalue weighted by molar-refractivity contribution is -0.145. The molecule has 3 heteroatoms. The van der Waals surface area contributed by atoms with Gasteiger partial charge in [-0.1, -0.05) is 30.3 Å². The van der Waals surface area contributed by atoms with Gasteiger partial charge in [-0.15, -0.1) is 0 Å². The first-order valence-electron chi connectivity index (χ1n) is 5.12. The molecule has 3 nitrogen and oxygen atoms in total. The van der Waals surface area contributed by atoms with Crippen LogP contribution in [0.5, 0.6) is 0 Å². The Kier molecular flexibility index (Phi) is 4.84. The minimum Gasteiger partial charge on any atom is -0.464 e. The first-order valence-corrected chi connectivity index (χ1v) is 5.12. The zero-order valence-corrected chi connectivity index (χ0v) is 8.90.